The molecule has 0 N–H and O–H groups in total. The van der Waals surface area contributed by atoms with Crippen LogP contribution in [0.1, 0.15) is 28.5 Å². The van der Waals surface area contributed by atoms with Crippen molar-refractivity contribution in [2.45, 2.75) is 51.8 Å². The van der Waals surface area contributed by atoms with Gasteiger partial charge in [0.15, 0.2) is 12.4 Å². The van der Waals surface area contributed by atoms with Gasteiger partial charge >= 0.3 is 17.9 Å². The smallest absolute Gasteiger partial charge is 0.303 e. The third kappa shape index (κ3) is 5.68. The zero-order chi connectivity index (χ0) is 16.9. The zero-order valence-corrected chi connectivity index (χ0v) is 12.4. The average molecular weight is 305 g/mol. The second-order valence-corrected chi connectivity index (χ2v) is 4.42. The van der Waals surface area contributed by atoms with Gasteiger partial charge in [0, 0.05) is 35.6 Å². The summed E-state index contributed by atoms with van der Waals surface area (Å²) in [7, 11) is 1.33. The van der Waals surface area contributed by atoms with Crippen LogP contribution < -0.4 is 0 Å². The third-order valence-electron chi connectivity index (χ3n) is 2.63. The molecule has 0 saturated carbocycles. The molecule has 0 aromatic carbocycles. The maximum absolute atomic E-state index is 11.3. The minimum absolute atomic E-state index is 0.225. The molecule has 0 radical (unpaired) electrons. The van der Waals surface area contributed by atoms with Crippen LogP contribution in [0.25, 0.3) is 0 Å². The van der Waals surface area contributed by atoms with Gasteiger partial charge in [-0.2, -0.15) is 0 Å². The molecule has 1 heterocycles. The fourth-order valence-electron chi connectivity index (χ4n) is 1.87. The van der Waals surface area contributed by atoms with Crippen molar-refractivity contribution in [3.63, 3.8) is 0 Å². The van der Waals surface area contributed by atoms with Crippen molar-refractivity contribution in [3.05, 3.63) is 0 Å². The molecule has 0 aromatic rings. The minimum Gasteiger partial charge on any atom is -0.463 e. The summed E-state index contributed by atoms with van der Waals surface area (Å²) in [5.41, 5.74) is 0. The second-order valence-electron chi connectivity index (χ2n) is 4.42. The highest BCUT2D eigenvalue weighted by Gasteiger charge is 2.43. The topological polar surface area (TPSA) is 97.4 Å². The summed E-state index contributed by atoms with van der Waals surface area (Å²) in [4.78, 5) is 33.5. The Hall–Kier alpha value is -1.67. The number of carbonyl (C=O) groups is 3. The maximum Gasteiger partial charge on any atom is 0.303 e. The Morgan fingerprint density at radius 1 is 1.14 bits per heavy atom. The molecule has 1 aliphatic rings. The lowest BCUT2D eigenvalue weighted by molar-refractivity contribution is -0.259. The lowest BCUT2D eigenvalue weighted by Crippen LogP contribution is -2.54. The molecular formula is C13H20O8. The Bertz CT molecular complexity index is 426. The summed E-state index contributed by atoms with van der Waals surface area (Å²) in [6, 6.07) is 0. The van der Waals surface area contributed by atoms with Gasteiger partial charge in [0.1, 0.15) is 18.8 Å². The van der Waals surface area contributed by atoms with Crippen LogP contribution in [0.5, 0.6) is 0 Å². The van der Waals surface area contributed by atoms with E-state index >= 15 is 0 Å². The molecule has 0 spiro atoms. The van der Waals surface area contributed by atoms with Crippen LogP contribution in [-0.2, 0) is 38.1 Å². The molecular weight excluding hydrogens is 284 g/mol. The molecule has 8 nitrogen and oxygen atoms in total. The van der Waals surface area contributed by atoms with E-state index < -0.39 is 48.9 Å². The van der Waals surface area contributed by atoms with Crippen molar-refractivity contribution in [3.8, 4) is 0 Å². The van der Waals surface area contributed by atoms with Crippen LogP contribution in [0.3, 0.4) is 0 Å². The first kappa shape index (κ1) is 15.7. The van der Waals surface area contributed by atoms with E-state index in [4.69, 9.17) is 25.1 Å². The largest absolute Gasteiger partial charge is 0.463 e. The Morgan fingerprint density at radius 3 is 2.24 bits per heavy atom. The highest BCUT2D eigenvalue weighted by atomic mass is 16.7. The Labute approximate surface area is 124 Å². The fourth-order valence-corrected chi connectivity index (χ4v) is 1.87. The molecule has 0 aromatic heterocycles. The lowest BCUT2D eigenvalue weighted by atomic mass is 10.0. The third-order valence-corrected chi connectivity index (χ3v) is 2.63. The number of hydrogen-bond acceptors (Lipinski definition) is 8. The summed E-state index contributed by atoms with van der Waals surface area (Å²) >= 11 is 0. The van der Waals surface area contributed by atoms with Crippen molar-refractivity contribution < 1.29 is 39.4 Å². The van der Waals surface area contributed by atoms with Crippen molar-refractivity contribution in [2.75, 3.05) is 13.7 Å². The SMILES string of the molecule is [2H][C@@H]1[C@@H](OC)O[C@H](COC(C)=O)[C@H](OC(C)=O)[C@@H]1OC(C)=O. The predicted octanol–water partition coefficient (Wildman–Crippen LogP) is 0.174. The number of rotatable bonds is 5. The van der Waals surface area contributed by atoms with Crippen molar-refractivity contribution >= 4 is 17.9 Å². The number of methoxy groups -OCH3 is 1. The summed E-state index contributed by atoms with van der Waals surface area (Å²) in [6.45, 7) is 3.34. The maximum atomic E-state index is 11.3. The summed E-state index contributed by atoms with van der Waals surface area (Å²) in [5, 5.41) is 0. The number of hydrogen-bond donors (Lipinski definition) is 0. The van der Waals surface area contributed by atoms with Gasteiger partial charge < -0.3 is 23.7 Å². The molecule has 120 valence electrons. The van der Waals surface area contributed by atoms with Gasteiger partial charge in [0.05, 0.1) is 0 Å². The highest BCUT2D eigenvalue weighted by Crippen LogP contribution is 2.26. The number of esters is 3. The van der Waals surface area contributed by atoms with Gasteiger partial charge in [-0.05, 0) is 0 Å². The molecule has 5 atom stereocenters. The van der Waals surface area contributed by atoms with Crippen LogP contribution in [-0.4, -0.2) is 56.2 Å². The van der Waals surface area contributed by atoms with Gasteiger partial charge in [0.25, 0.3) is 0 Å². The quantitative estimate of drug-likeness (QED) is 0.524. The predicted molar refractivity (Wildman–Crippen MR) is 68.0 cm³/mol. The first-order valence-electron chi connectivity index (χ1n) is 6.92. The molecule has 0 bridgehead atoms. The number of ether oxygens (including phenoxy) is 5. The van der Waals surface area contributed by atoms with E-state index in [2.05, 4.69) is 0 Å². The van der Waals surface area contributed by atoms with E-state index in [1.807, 2.05) is 0 Å². The molecule has 21 heavy (non-hydrogen) atoms. The standard InChI is InChI=1S/C13H20O8/c1-7(14)18-6-11-13(20-9(3)16)10(19-8(2)15)5-12(17-4)21-11/h10-13H,5-6H2,1-4H3/t10-,11-,12+,13-/m1/s1/i5D/t5-,10+,11+,12-,13+/m0. The zero-order valence-electron chi connectivity index (χ0n) is 13.4. The first-order chi connectivity index (χ1) is 10.3. The van der Waals surface area contributed by atoms with Crippen molar-refractivity contribution in [1.82, 2.24) is 0 Å². The molecule has 8 heteroatoms. The van der Waals surface area contributed by atoms with Crippen LogP contribution in [0, 0.1) is 0 Å². The normalized spacial score (nSPS) is 32.8. The van der Waals surface area contributed by atoms with Gasteiger partial charge in [-0.15, -0.1) is 0 Å². The molecule has 1 fully saturated rings. The van der Waals surface area contributed by atoms with E-state index in [0.717, 1.165) is 0 Å². The van der Waals surface area contributed by atoms with Crippen molar-refractivity contribution in [2.24, 2.45) is 0 Å². The fraction of sp³-hybridized carbons (Fsp3) is 0.769. The molecule has 1 aliphatic heterocycles. The van der Waals surface area contributed by atoms with Gasteiger partial charge in [-0.3, -0.25) is 14.4 Å². The lowest BCUT2D eigenvalue weighted by Gasteiger charge is -2.39. The first-order valence-corrected chi connectivity index (χ1v) is 6.34. The van der Waals surface area contributed by atoms with E-state index in [1.54, 1.807) is 0 Å². The van der Waals surface area contributed by atoms with E-state index in [0.29, 0.717) is 0 Å². The Morgan fingerprint density at radius 2 is 1.76 bits per heavy atom. The Balaban J connectivity index is 3.00. The highest BCUT2D eigenvalue weighted by molar-refractivity contribution is 5.67. The minimum atomic E-state index is -1.12. The molecule has 0 amide bonds. The average Bonchev–Trinajstić information content (AvgIpc) is 2.41. The summed E-state index contributed by atoms with van der Waals surface area (Å²) < 4.78 is 33.6. The van der Waals surface area contributed by atoms with Gasteiger partial charge in [0.2, 0.25) is 0 Å². The summed E-state index contributed by atoms with van der Waals surface area (Å²) in [6.07, 6.45) is -5.22. The molecule has 0 aliphatic carbocycles. The summed E-state index contributed by atoms with van der Waals surface area (Å²) in [5.74, 6) is -1.82. The van der Waals surface area contributed by atoms with Crippen molar-refractivity contribution in [1.29, 1.82) is 0 Å². The monoisotopic (exact) mass is 305 g/mol. The molecule has 1 saturated heterocycles. The van der Waals surface area contributed by atoms with Crippen LogP contribution in [0.15, 0.2) is 0 Å². The van der Waals surface area contributed by atoms with Crippen LogP contribution >= 0.6 is 0 Å². The van der Waals surface area contributed by atoms with Crippen LogP contribution in [0.2, 0.25) is 0 Å². The van der Waals surface area contributed by atoms with E-state index in [9.17, 15) is 14.4 Å². The number of carbonyl (C=O) groups excluding carboxylic acids is 3. The van der Waals surface area contributed by atoms with E-state index in [-0.39, 0.29) is 6.61 Å². The Kier molecular flexibility index (Phi) is 5.94. The van der Waals surface area contributed by atoms with Crippen LogP contribution in [0.4, 0.5) is 0 Å². The van der Waals surface area contributed by atoms with Gasteiger partial charge in [-0.1, -0.05) is 0 Å². The molecule has 1 rings (SSSR count). The second kappa shape index (κ2) is 7.94. The van der Waals surface area contributed by atoms with E-state index in [1.165, 1.54) is 27.9 Å². The van der Waals surface area contributed by atoms with Gasteiger partial charge in [-0.25, -0.2) is 0 Å². The molecule has 0 unspecified atom stereocenters.